The number of ether oxygens (including phenoxy) is 4. The molecule has 4 rings (SSSR count). The number of esters is 1. The second-order valence-corrected chi connectivity index (χ2v) is 10.6. The van der Waals surface area contributed by atoms with Crippen LogP contribution in [0.25, 0.3) is 0 Å². The van der Waals surface area contributed by atoms with Crippen LogP contribution >= 0.6 is 0 Å². The van der Waals surface area contributed by atoms with E-state index in [1.807, 2.05) is 36.4 Å². The average Bonchev–Trinajstić information content (AvgIpc) is 3.37. The number of benzene rings is 3. The number of likely N-dealkylation sites (tertiary alicyclic amines) is 1. The highest BCUT2D eigenvalue weighted by Crippen LogP contribution is 2.43. The molecule has 0 saturated carbocycles. The maximum Gasteiger partial charge on any atom is 0.514 e. The standard InChI is InChI=1S/C32H37NO6/c1-6-33-19-13-18-26(33)25-20-27(38-31(35)39-32(3,4)5)28(30(34)37-24-16-11-8-12-17-24)22(2)29(25)36-21-23-14-9-7-10-15-23/h7-12,14-17,20,26H,6,13,18-19,21H2,1-5H3/t26-/m0/s1. The van der Waals surface area contributed by atoms with E-state index < -0.39 is 17.7 Å². The van der Waals surface area contributed by atoms with E-state index in [2.05, 4.69) is 11.8 Å². The van der Waals surface area contributed by atoms with Crippen LogP contribution in [-0.2, 0) is 11.3 Å². The first-order chi connectivity index (χ1) is 18.7. The van der Waals surface area contributed by atoms with Gasteiger partial charge in [-0.3, -0.25) is 4.90 Å². The SMILES string of the molecule is CCN1CCC[C@H]1c1cc(OC(=O)OC(C)(C)C)c(C(=O)Oc2ccccc2)c(C)c1OCc1ccccc1. The summed E-state index contributed by atoms with van der Waals surface area (Å²) in [5, 5.41) is 0. The summed E-state index contributed by atoms with van der Waals surface area (Å²) < 4.78 is 23.3. The van der Waals surface area contributed by atoms with Crippen LogP contribution in [-0.4, -0.2) is 35.7 Å². The van der Waals surface area contributed by atoms with Gasteiger partial charge in [0.05, 0.1) is 0 Å². The van der Waals surface area contributed by atoms with Crippen LogP contribution in [0.2, 0.25) is 0 Å². The van der Waals surface area contributed by atoms with Crippen LogP contribution in [0.1, 0.15) is 73.6 Å². The molecule has 0 N–H and O–H groups in total. The molecule has 1 aliphatic rings. The van der Waals surface area contributed by atoms with Crippen molar-refractivity contribution in [1.82, 2.24) is 4.90 Å². The number of nitrogens with zero attached hydrogens (tertiary/aromatic N) is 1. The minimum atomic E-state index is -0.890. The van der Waals surface area contributed by atoms with Crippen LogP contribution in [0.3, 0.4) is 0 Å². The van der Waals surface area contributed by atoms with Gasteiger partial charge in [0.1, 0.15) is 35.0 Å². The summed E-state index contributed by atoms with van der Waals surface area (Å²) in [7, 11) is 0. The number of hydrogen-bond acceptors (Lipinski definition) is 7. The highest BCUT2D eigenvalue weighted by Gasteiger charge is 2.33. The molecule has 7 nitrogen and oxygen atoms in total. The normalized spacial score (nSPS) is 15.6. The van der Waals surface area contributed by atoms with Crippen LogP contribution in [0.15, 0.2) is 66.7 Å². The minimum Gasteiger partial charge on any atom is -0.488 e. The molecule has 39 heavy (non-hydrogen) atoms. The predicted octanol–water partition coefficient (Wildman–Crippen LogP) is 7.26. The smallest absolute Gasteiger partial charge is 0.488 e. The maximum atomic E-state index is 13.6. The van der Waals surface area contributed by atoms with E-state index in [0.717, 1.165) is 37.1 Å². The molecule has 0 amide bonds. The Hall–Kier alpha value is -3.84. The van der Waals surface area contributed by atoms with Crippen molar-refractivity contribution in [1.29, 1.82) is 0 Å². The summed E-state index contributed by atoms with van der Waals surface area (Å²) in [6, 6.07) is 20.5. The van der Waals surface area contributed by atoms with Crippen molar-refractivity contribution in [2.45, 2.75) is 65.7 Å². The molecular formula is C32H37NO6. The molecule has 1 heterocycles. The quantitative estimate of drug-likeness (QED) is 0.172. The summed E-state index contributed by atoms with van der Waals surface area (Å²) in [4.78, 5) is 28.7. The highest BCUT2D eigenvalue weighted by molar-refractivity contribution is 5.97. The maximum absolute atomic E-state index is 13.6. The summed E-state index contributed by atoms with van der Waals surface area (Å²) in [5.41, 5.74) is 1.79. The fourth-order valence-electron chi connectivity index (χ4n) is 4.86. The van der Waals surface area contributed by atoms with Gasteiger partial charge in [0.15, 0.2) is 0 Å². The van der Waals surface area contributed by atoms with Crippen LogP contribution in [0.5, 0.6) is 17.2 Å². The van der Waals surface area contributed by atoms with Crippen molar-refractivity contribution in [3.8, 4) is 17.2 Å². The van der Waals surface area contributed by atoms with E-state index in [0.29, 0.717) is 23.7 Å². The van der Waals surface area contributed by atoms with Crippen molar-refractivity contribution in [3.63, 3.8) is 0 Å². The van der Waals surface area contributed by atoms with Gasteiger partial charge in [0.2, 0.25) is 0 Å². The zero-order valence-corrected chi connectivity index (χ0v) is 23.4. The molecule has 1 atom stereocenters. The molecule has 3 aromatic carbocycles. The van der Waals surface area contributed by atoms with Crippen LogP contribution < -0.4 is 14.2 Å². The van der Waals surface area contributed by atoms with Gasteiger partial charge < -0.3 is 18.9 Å². The van der Waals surface area contributed by atoms with E-state index in [1.165, 1.54) is 0 Å². The zero-order chi connectivity index (χ0) is 28.0. The molecule has 0 spiro atoms. The topological polar surface area (TPSA) is 74.3 Å². The third kappa shape index (κ3) is 7.18. The fourth-order valence-corrected chi connectivity index (χ4v) is 4.86. The van der Waals surface area contributed by atoms with E-state index >= 15 is 0 Å². The Bertz CT molecular complexity index is 1280. The van der Waals surface area contributed by atoms with E-state index in [1.54, 1.807) is 58.0 Å². The summed E-state index contributed by atoms with van der Waals surface area (Å²) in [6.45, 7) is 11.3. The van der Waals surface area contributed by atoms with Gasteiger partial charge in [0, 0.05) is 17.2 Å². The number of carbonyl (C=O) groups excluding carboxylic acids is 2. The number of para-hydroxylation sites is 1. The molecule has 0 aromatic heterocycles. The Morgan fingerprint density at radius 1 is 0.974 bits per heavy atom. The van der Waals surface area contributed by atoms with Crippen molar-refractivity contribution in [2.75, 3.05) is 13.1 Å². The molecular weight excluding hydrogens is 494 g/mol. The Kier molecular flexibility index (Phi) is 8.92. The van der Waals surface area contributed by atoms with Gasteiger partial charge in [0.25, 0.3) is 0 Å². The first kappa shape index (κ1) is 28.2. The second kappa shape index (κ2) is 12.3. The largest absolute Gasteiger partial charge is 0.514 e. The molecule has 3 aromatic rings. The number of carbonyl (C=O) groups is 2. The lowest BCUT2D eigenvalue weighted by molar-refractivity contribution is 0.0203. The number of hydrogen-bond donors (Lipinski definition) is 0. The third-order valence-corrected chi connectivity index (χ3v) is 6.61. The summed E-state index contributed by atoms with van der Waals surface area (Å²) >= 11 is 0. The number of rotatable bonds is 8. The van der Waals surface area contributed by atoms with E-state index in [9.17, 15) is 9.59 Å². The lowest BCUT2D eigenvalue weighted by Crippen LogP contribution is -2.27. The Morgan fingerprint density at radius 3 is 2.28 bits per heavy atom. The lowest BCUT2D eigenvalue weighted by Gasteiger charge is -2.28. The van der Waals surface area contributed by atoms with Gasteiger partial charge in [-0.15, -0.1) is 0 Å². The van der Waals surface area contributed by atoms with Gasteiger partial charge >= 0.3 is 12.1 Å². The summed E-state index contributed by atoms with van der Waals surface area (Å²) in [6.07, 6.45) is 1.07. The van der Waals surface area contributed by atoms with Crippen molar-refractivity contribution in [3.05, 3.63) is 89.0 Å². The molecule has 0 unspecified atom stereocenters. The van der Waals surface area contributed by atoms with Crippen molar-refractivity contribution in [2.24, 2.45) is 0 Å². The van der Waals surface area contributed by atoms with Gasteiger partial charge in [-0.2, -0.15) is 0 Å². The predicted molar refractivity (Wildman–Crippen MR) is 149 cm³/mol. The van der Waals surface area contributed by atoms with Gasteiger partial charge in [-0.25, -0.2) is 9.59 Å². The van der Waals surface area contributed by atoms with E-state index in [4.69, 9.17) is 18.9 Å². The molecule has 1 saturated heterocycles. The molecule has 0 radical (unpaired) electrons. The van der Waals surface area contributed by atoms with Crippen LogP contribution in [0.4, 0.5) is 4.79 Å². The van der Waals surface area contributed by atoms with Crippen molar-refractivity contribution < 1.29 is 28.5 Å². The first-order valence-corrected chi connectivity index (χ1v) is 13.4. The molecule has 0 aliphatic carbocycles. The van der Waals surface area contributed by atoms with E-state index in [-0.39, 0.29) is 17.4 Å². The minimum absolute atomic E-state index is 0.0552. The zero-order valence-electron chi connectivity index (χ0n) is 23.4. The Labute approximate surface area is 230 Å². The molecule has 0 bridgehead atoms. The Balaban J connectivity index is 1.81. The summed E-state index contributed by atoms with van der Waals surface area (Å²) in [5.74, 6) is 0.425. The highest BCUT2D eigenvalue weighted by atomic mass is 16.7. The monoisotopic (exact) mass is 531 g/mol. The molecule has 206 valence electrons. The van der Waals surface area contributed by atoms with Gasteiger partial charge in [-0.1, -0.05) is 55.5 Å². The lowest BCUT2D eigenvalue weighted by atomic mass is 9.95. The molecule has 7 heteroatoms. The average molecular weight is 532 g/mol. The van der Waals surface area contributed by atoms with Crippen LogP contribution in [0, 0.1) is 6.92 Å². The fraction of sp³-hybridized carbons (Fsp3) is 0.375. The molecule has 1 aliphatic heterocycles. The Morgan fingerprint density at radius 2 is 1.64 bits per heavy atom. The van der Waals surface area contributed by atoms with Gasteiger partial charge in [-0.05, 0) is 77.4 Å². The second-order valence-electron chi connectivity index (χ2n) is 10.6. The van der Waals surface area contributed by atoms with Crippen molar-refractivity contribution >= 4 is 12.1 Å². The first-order valence-electron chi connectivity index (χ1n) is 13.4. The molecule has 1 fully saturated rings. The third-order valence-electron chi connectivity index (χ3n) is 6.61.